The van der Waals surface area contributed by atoms with Gasteiger partial charge in [-0.25, -0.2) is 4.79 Å². The first-order valence-corrected chi connectivity index (χ1v) is 15.6. The molecule has 4 N–H and O–H groups in total. The fourth-order valence-corrected chi connectivity index (χ4v) is 6.04. The van der Waals surface area contributed by atoms with Crippen LogP contribution in [-0.4, -0.2) is 42.7 Å². The third kappa shape index (κ3) is 12.3. The molecule has 0 saturated carbocycles. The number of unbranched alkanes of at least 4 members (excludes halogenated alkanes) is 2. The monoisotopic (exact) mass is 622 g/mol. The Kier molecular flexibility index (Phi) is 15.7. The summed E-state index contributed by atoms with van der Waals surface area (Å²) in [5.74, 6) is -0.660. The van der Waals surface area contributed by atoms with Gasteiger partial charge in [-0.1, -0.05) is 44.0 Å². The summed E-state index contributed by atoms with van der Waals surface area (Å²) in [6.07, 6.45) is 4.43. The van der Waals surface area contributed by atoms with Crippen LogP contribution in [0, 0.1) is 0 Å². The second-order valence-corrected chi connectivity index (χ2v) is 11.8. The first kappa shape index (κ1) is 32.3. The molecule has 1 unspecified atom stereocenters. The molecule has 0 aliphatic rings. The maximum absolute atomic E-state index is 11.8. The molecule has 0 radical (unpaired) electrons. The number of Topliss-reactive ketones (excluding diaryl/α,β-unsaturated/α-hetero) is 1. The SMILES string of the molecule is CCCCCC(=O)CNCc1cc(-c2ccc(CC(OCC)C(=O)O)cc2)cs1.NCCc1cc(Br)cs1. The van der Waals surface area contributed by atoms with Gasteiger partial charge in [-0.3, -0.25) is 4.79 Å². The molecule has 3 rings (SSSR count). The predicted octanol–water partition coefficient (Wildman–Crippen LogP) is 6.70. The Morgan fingerprint density at radius 3 is 2.39 bits per heavy atom. The Hall–Kier alpha value is -1.88. The van der Waals surface area contributed by atoms with Gasteiger partial charge >= 0.3 is 5.97 Å². The highest BCUT2D eigenvalue weighted by molar-refractivity contribution is 9.10. The lowest BCUT2D eigenvalue weighted by Crippen LogP contribution is -2.26. The zero-order valence-electron chi connectivity index (χ0n) is 22.2. The van der Waals surface area contributed by atoms with E-state index in [2.05, 4.69) is 51.1 Å². The number of carbonyl (C=O) groups excluding carboxylic acids is 1. The van der Waals surface area contributed by atoms with Gasteiger partial charge in [0.1, 0.15) is 5.78 Å². The number of hydrogen-bond acceptors (Lipinski definition) is 7. The lowest BCUT2D eigenvalue weighted by atomic mass is 10.0. The van der Waals surface area contributed by atoms with Gasteiger partial charge in [0.05, 0.1) is 6.54 Å². The topological polar surface area (TPSA) is 102 Å². The number of nitrogens with one attached hydrogen (secondary N) is 1. The molecular formula is C29H39BrN2O4S2. The lowest BCUT2D eigenvalue weighted by Gasteiger charge is -2.12. The normalized spacial score (nSPS) is 11.6. The van der Waals surface area contributed by atoms with Crippen LogP contribution in [0.5, 0.6) is 0 Å². The molecule has 208 valence electrons. The van der Waals surface area contributed by atoms with E-state index in [9.17, 15) is 14.7 Å². The van der Waals surface area contributed by atoms with Crippen molar-refractivity contribution in [3.8, 4) is 11.1 Å². The van der Waals surface area contributed by atoms with Crippen LogP contribution in [0.25, 0.3) is 11.1 Å². The minimum absolute atomic E-state index is 0.275. The molecule has 9 heteroatoms. The number of carbonyl (C=O) groups is 2. The van der Waals surface area contributed by atoms with Gasteiger partial charge in [0.2, 0.25) is 0 Å². The van der Waals surface area contributed by atoms with Gasteiger partial charge in [-0.2, -0.15) is 0 Å². The molecule has 0 spiro atoms. The number of carboxylic acids is 1. The van der Waals surface area contributed by atoms with Crippen LogP contribution in [0.4, 0.5) is 0 Å². The highest BCUT2D eigenvalue weighted by Gasteiger charge is 2.17. The average molecular weight is 624 g/mol. The second-order valence-electron chi connectivity index (χ2n) is 8.85. The largest absolute Gasteiger partial charge is 0.479 e. The Morgan fingerprint density at radius 1 is 1.05 bits per heavy atom. The zero-order valence-corrected chi connectivity index (χ0v) is 25.4. The van der Waals surface area contributed by atoms with E-state index in [0.717, 1.165) is 53.4 Å². The van der Waals surface area contributed by atoms with Crippen molar-refractivity contribution < 1.29 is 19.4 Å². The number of carboxylic acid groups (broad SMARTS) is 1. The molecule has 0 aliphatic carbocycles. The van der Waals surface area contributed by atoms with Gasteiger partial charge in [-0.15, -0.1) is 22.7 Å². The van der Waals surface area contributed by atoms with Crippen molar-refractivity contribution in [2.45, 2.75) is 65.0 Å². The molecular weight excluding hydrogens is 584 g/mol. The molecule has 0 bridgehead atoms. The molecule has 38 heavy (non-hydrogen) atoms. The Balaban J connectivity index is 0.000000474. The summed E-state index contributed by atoms with van der Waals surface area (Å²) in [6, 6.07) is 12.2. The van der Waals surface area contributed by atoms with E-state index in [1.165, 1.54) is 9.75 Å². The van der Waals surface area contributed by atoms with Crippen molar-refractivity contribution in [2.75, 3.05) is 19.7 Å². The van der Waals surface area contributed by atoms with Gasteiger partial charge < -0.3 is 20.9 Å². The maximum atomic E-state index is 11.8. The van der Waals surface area contributed by atoms with E-state index >= 15 is 0 Å². The van der Waals surface area contributed by atoms with Gasteiger partial charge in [0, 0.05) is 45.6 Å². The summed E-state index contributed by atoms with van der Waals surface area (Å²) in [5.41, 5.74) is 8.52. The number of rotatable bonds is 16. The molecule has 3 aromatic rings. The van der Waals surface area contributed by atoms with Crippen LogP contribution < -0.4 is 11.1 Å². The average Bonchev–Trinajstić information content (AvgIpc) is 3.54. The van der Waals surface area contributed by atoms with Crippen molar-refractivity contribution in [1.82, 2.24) is 5.32 Å². The van der Waals surface area contributed by atoms with E-state index in [-0.39, 0.29) is 5.78 Å². The van der Waals surface area contributed by atoms with E-state index < -0.39 is 12.1 Å². The van der Waals surface area contributed by atoms with Crippen molar-refractivity contribution in [1.29, 1.82) is 0 Å². The van der Waals surface area contributed by atoms with Gasteiger partial charge in [-0.05, 0) is 76.4 Å². The van der Waals surface area contributed by atoms with Crippen molar-refractivity contribution in [2.24, 2.45) is 5.73 Å². The third-order valence-electron chi connectivity index (χ3n) is 5.70. The summed E-state index contributed by atoms with van der Waals surface area (Å²) >= 11 is 6.79. The van der Waals surface area contributed by atoms with Crippen molar-refractivity contribution >= 4 is 50.4 Å². The third-order valence-corrected chi connectivity index (χ3v) is 8.39. The Morgan fingerprint density at radius 2 is 1.79 bits per heavy atom. The van der Waals surface area contributed by atoms with Gasteiger partial charge in [0.15, 0.2) is 6.10 Å². The smallest absolute Gasteiger partial charge is 0.333 e. The fraction of sp³-hybridized carbons (Fsp3) is 0.448. The van der Waals surface area contributed by atoms with Crippen molar-refractivity contribution in [3.05, 3.63) is 66.9 Å². The summed E-state index contributed by atoms with van der Waals surface area (Å²) in [5, 5.41) is 16.6. The van der Waals surface area contributed by atoms with Crippen LogP contribution in [0.3, 0.4) is 0 Å². The standard InChI is InChI=1S/C23H31NO4S.C6H8BrNS/c1-3-5-6-7-20(25)14-24-15-21-13-19(16-29-21)18-10-8-17(9-11-18)12-22(23(26)27)28-4-2;7-5-3-6(1-2-8)9-4-5/h8-11,13,16,22,24H,3-7,12,14-15H2,1-2H3,(H,26,27);3-4H,1-2,8H2. The Labute approximate surface area is 242 Å². The first-order chi connectivity index (χ1) is 18.4. The molecule has 0 amide bonds. The highest BCUT2D eigenvalue weighted by Crippen LogP contribution is 2.26. The van der Waals surface area contributed by atoms with Crippen LogP contribution >= 0.6 is 38.6 Å². The minimum Gasteiger partial charge on any atom is -0.479 e. The number of ether oxygens (including phenoxy) is 1. The number of benzene rings is 1. The number of hydrogen-bond donors (Lipinski definition) is 3. The quantitative estimate of drug-likeness (QED) is 0.154. The number of halogens is 1. The number of aliphatic carboxylic acids is 1. The van der Waals surface area contributed by atoms with Crippen molar-refractivity contribution in [3.63, 3.8) is 0 Å². The minimum atomic E-state index is -0.935. The molecule has 0 saturated heterocycles. The summed E-state index contributed by atoms with van der Waals surface area (Å²) in [7, 11) is 0. The van der Waals surface area contributed by atoms with Gasteiger partial charge in [0.25, 0.3) is 0 Å². The van der Waals surface area contributed by atoms with Crippen LogP contribution in [0.2, 0.25) is 0 Å². The highest BCUT2D eigenvalue weighted by atomic mass is 79.9. The first-order valence-electron chi connectivity index (χ1n) is 13.0. The fourth-order valence-electron chi connectivity index (χ4n) is 3.70. The second kappa shape index (κ2) is 18.4. The van der Waals surface area contributed by atoms with Crippen LogP contribution in [-0.2, 0) is 33.7 Å². The number of thiophene rings is 2. The summed E-state index contributed by atoms with van der Waals surface area (Å²) < 4.78 is 6.44. The van der Waals surface area contributed by atoms with E-state index in [1.807, 2.05) is 24.3 Å². The van der Waals surface area contributed by atoms with Crippen LogP contribution in [0.15, 0.2) is 51.6 Å². The molecule has 6 nitrogen and oxygen atoms in total. The van der Waals surface area contributed by atoms with E-state index in [1.54, 1.807) is 29.6 Å². The van der Waals surface area contributed by atoms with E-state index in [0.29, 0.717) is 32.5 Å². The molecule has 0 aliphatic heterocycles. The summed E-state index contributed by atoms with van der Waals surface area (Å²) in [6.45, 7) is 6.17. The van der Waals surface area contributed by atoms with Crippen LogP contribution in [0.1, 0.15) is 54.8 Å². The number of nitrogens with two attached hydrogens (primary N) is 1. The molecule has 1 aromatic carbocycles. The molecule has 1 atom stereocenters. The van der Waals surface area contributed by atoms with E-state index in [4.69, 9.17) is 10.5 Å². The predicted molar refractivity (Wildman–Crippen MR) is 162 cm³/mol. The molecule has 0 fully saturated rings. The number of ketones is 1. The molecule has 2 heterocycles. The maximum Gasteiger partial charge on any atom is 0.333 e. The molecule has 2 aromatic heterocycles. The Bertz CT molecular complexity index is 1100. The lowest BCUT2D eigenvalue weighted by molar-refractivity contribution is -0.149. The zero-order chi connectivity index (χ0) is 27.8. The summed E-state index contributed by atoms with van der Waals surface area (Å²) in [4.78, 5) is 25.6.